The van der Waals surface area contributed by atoms with Crippen LogP contribution in [0.25, 0.3) is 0 Å². The maximum atomic E-state index is 12.2. The SMILES string of the molecule is Cc1cc(=O)c(C(=O)NC2CCN3CCCC3C2)c[nH]1. The summed E-state index contributed by atoms with van der Waals surface area (Å²) in [5, 5.41) is 3.02. The lowest BCUT2D eigenvalue weighted by molar-refractivity contribution is 0.0895. The Kier molecular flexibility index (Phi) is 3.61. The van der Waals surface area contributed by atoms with Crippen LogP contribution in [0.15, 0.2) is 17.1 Å². The van der Waals surface area contributed by atoms with Crippen LogP contribution in [0.2, 0.25) is 0 Å². The highest BCUT2D eigenvalue weighted by Gasteiger charge is 2.32. The Bertz CT molecular complexity index is 566. The van der Waals surface area contributed by atoms with Crippen LogP contribution in [0.1, 0.15) is 41.7 Å². The van der Waals surface area contributed by atoms with Crippen LogP contribution in [-0.2, 0) is 0 Å². The van der Waals surface area contributed by atoms with Gasteiger partial charge in [-0.25, -0.2) is 0 Å². The van der Waals surface area contributed by atoms with E-state index in [2.05, 4.69) is 15.2 Å². The van der Waals surface area contributed by atoms with Crippen molar-refractivity contribution in [2.75, 3.05) is 13.1 Å². The Morgan fingerprint density at radius 2 is 2.25 bits per heavy atom. The average molecular weight is 275 g/mol. The van der Waals surface area contributed by atoms with E-state index in [0.29, 0.717) is 6.04 Å². The van der Waals surface area contributed by atoms with Crippen molar-refractivity contribution in [3.63, 3.8) is 0 Å². The minimum Gasteiger partial charge on any atom is -0.364 e. The van der Waals surface area contributed by atoms with Gasteiger partial charge in [-0.05, 0) is 39.2 Å². The van der Waals surface area contributed by atoms with Crippen molar-refractivity contribution >= 4 is 5.91 Å². The minimum absolute atomic E-state index is 0.197. The molecule has 2 aliphatic rings. The fourth-order valence-corrected chi connectivity index (χ4v) is 3.37. The Morgan fingerprint density at radius 3 is 3.05 bits per heavy atom. The summed E-state index contributed by atoms with van der Waals surface area (Å²) in [6, 6.07) is 2.28. The van der Waals surface area contributed by atoms with E-state index in [4.69, 9.17) is 0 Å². The van der Waals surface area contributed by atoms with Gasteiger partial charge >= 0.3 is 0 Å². The number of carbonyl (C=O) groups is 1. The molecule has 5 heteroatoms. The van der Waals surface area contributed by atoms with Gasteiger partial charge in [0.1, 0.15) is 5.56 Å². The van der Waals surface area contributed by atoms with Crippen molar-refractivity contribution in [2.24, 2.45) is 0 Å². The van der Waals surface area contributed by atoms with E-state index < -0.39 is 0 Å². The minimum atomic E-state index is -0.248. The highest BCUT2D eigenvalue weighted by Crippen LogP contribution is 2.26. The van der Waals surface area contributed by atoms with Crippen molar-refractivity contribution < 1.29 is 4.79 Å². The molecule has 2 atom stereocenters. The summed E-state index contributed by atoms with van der Waals surface area (Å²) < 4.78 is 0. The van der Waals surface area contributed by atoms with Gasteiger partial charge in [-0.15, -0.1) is 0 Å². The molecule has 0 bridgehead atoms. The zero-order chi connectivity index (χ0) is 14.1. The number of H-pyrrole nitrogens is 1. The van der Waals surface area contributed by atoms with Gasteiger partial charge in [-0.1, -0.05) is 0 Å². The van der Waals surface area contributed by atoms with Crippen molar-refractivity contribution in [1.29, 1.82) is 0 Å². The zero-order valence-corrected chi connectivity index (χ0v) is 11.8. The van der Waals surface area contributed by atoms with Crippen LogP contribution in [0, 0.1) is 6.92 Å². The van der Waals surface area contributed by atoms with Crippen molar-refractivity contribution in [2.45, 2.75) is 44.7 Å². The molecule has 1 aromatic rings. The van der Waals surface area contributed by atoms with Gasteiger partial charge in [0, 0.05) is 36.6 Å². The van der Waals surface area contributed by atoms with Gasteiger partial charge in [-0.3, -0.25) is 9.59 Å². The topological polar surface area (TPSA) is 65.2 Å². The number of aryl methyl sites for hydroxylation is 1. The first-order valence-electron chi connectivity index (χ1n) is 7.38. The average Bonchev–Trinajstić information content (AvgIpc) is 2.85. The number of aromatic nitrogens is 1. The fourth-order valence-electron chi connectivity index (χ4n) is 3.37. The van der Waals surface area contributed by atoms with E-state index in [-0.39, 0.29) is 22.9 Å². The van der Waals surface area contributed by atoms with Crippen LogP contribution in [0.4, 0.5) is 0 Å². The van der Waals surface area contributed by atoms with Gasteiger partial charge in [0.15, 0.2) is 5.43 Å². The predicted octanol–water partition coefficient (Wildman–Crippen LogP) is 1.04. The molecule has 2 aliphatic heterocycles. The van der Waals surface area contributed by atoms with Gasteiger partial charge < -0.3 is 15.2 Å². The molecule has 0 radical (unpaired) electrons. The Balaban J connectivity index is 1.65. The molecule has 5 nitrogen and oxygen atoms in total. The number of aromatic amines is 1. The molecular formula is C15H21N3O2. The number of amides is 1. The van der Waals surface area contributed by atoms with Crippen LogP contribution < -0.4 is 10.7 Å². The lowest BCUT2D eigenvalue weighted by atomic mass is 9.97. The Hall–Kier alpha value is -1.62. The highest BCUT2D eigenvalue weighted by atomic mass is 16.2. The molecule has 1 amide bonds. The van der Waals surface area contributed by atoms with E-state index in [1.165, 1.54) is 31.6 Å². The largest absolute Gasteiger partial charge is 0.364 e. The number of hydrogen-bond acceptors (Lipinski definition) is 3. The molecule has 2 fully saturated rings. The van der Waals surface area contributed by atoms with E-state index in [1.54, 1.807) is 6.92 Å². The third kappa shape index (κ3) is 2.63. The molecule has 0 aliphatic carbocycles. The number of carbonyl (C=O) groups excluding carboxylic acids is 1. The van der Waals surface area contributed by atoms with Gasteiger partial charge in [0.25, 0.3) is 5.91 Å². The lowest BCUT2D eigenvalue weighted by Crippen LogP contribution is -2.48. The van der Waals surface area contributed by atoms with E-state index >= 15 is 0 Å². The second-order valence-electron chi connectivity index (χ2n) is 5.92. The molecule has 108 valence electrons. The van der Waals surface area contributed by atoms with Crippen molar-refractivity contribution in [3.8, 4) is 0 Å². The molecule has 20 heavy (non-hydrogen) atoms. The normalized spacial score (nSPS) is 26.2. The molecular weight excluding hydrogens is 254 g/mol. The molecule has 0 saturated carbocycles. The molecule has 3 heterocycles. The first-order chi connectivity index (χ1) is 9.63. The molecule has 2 unspecified atom stereocenters. The number of fused-ring (bicyclic) bond motifs is 1. The first-order valence-corrected chi connectivity index (χ1v) is 7.38. The van der Waals surface area contributed by atoms with Crippen LogP contribution in [0.5, 0.6) is 0 Å². The fraction of sp³-hybridized carbons (Fsp3) is 0.600. The molecule has 3 rings (SSSR count). The third-order valence-corrected chi connectivity index (χ3v) is 4.46. The standard InChI is InChI=1S/C15H21N3O2/c1-10-7-14(19)13(9-16-10)15(20)17-11-4-6-18-5-2-3-12(18)8-11/h7,9,11-12H,2-6,8H2,1H3,(H,16,19)(H,17,20). The zero-order valence-electron chi connectivity index (χ0n) is 11.8. The maximum Gasteiger partial charge on any atom is 0.256 e. The molecule has 1 aromatic heterocycles. The number of hydrogen-bond donors (Lipinski definition) is 2. The van der Waals surface area contributed by atoms with Crippen LogP contribution >= 0.6 is 0 Å². The summed E-state index contributed by atoms with van der Waals surface area (Å²) >= 11 is 0. The van der Waals surface area contributed by atoms with Gasteiger partial charge in [0.05, 0.1) is 0 Å². The number of piperidine rings is 1. The van der Waals surface area contributed by atoms with Crippen molar-refractivity contribution in [1.82, 2.24) is 15.2 Å². The maximum absolute atomic E-state index is 12.2. The molecule has 0 aromatic carbocycles. The summed E-state index contributed by atoms with van der Waals surface area (Å²) in [4.78, 5) is 29.5. The summed E-state index contributed by atoms with van der Waals surface area (Å²) in [7, 11) is 0. The van der Waals surface area contributed by atoms with E-state index in [0.717, 1.165) is 25.1 Å². The van der Waals surface area contributed by atoms with E-state index in [1.807, 2.05) is 0 Å². The second-order valence-corrected chi connectivity index (χ2v) is 5.92. The van der Waals surface area contributed by atoms with E-state index in [9.17, 15) is 9.59 Å². The monoisotopic (exact) mass is 275 g/mol. The molecule has 0 spiro atoms. The van der Waals surface area contributed by atoms with Gasteiger partial charge in [-0.2, -0.15) is 0 Å². The quantitative estimate of drug-likeness (QED) is 0.847. The Labute approximate surface area is 118 Å². The second kappa shape index (κ2) is 5.40. The molecule has 2 saturated heterocycles. The van der Waals surface area contributed by atoms with Crippen LogP contribution in [0.3, 0.4) is 0 Å². The summed E-state index contributed by atoms with van der Waals surface area (Å²) in [6.07, 6.45) is 6.00. The van der Waals surface area contributed by atoms with Gasteiger partial charge in [0.2, 0.25) is 0 Å². The van der Waals surface area contributed by atoms with Crippen LogP contribution in [-0.4, -0.2) is 41.0 Å². The number of nitrogens with zero attached hydrogens (tertiary/aromatic N) is 1. The summed E-state index contributed by atoms with van der Waals surface area (Å²) in [5.74, 6) is -0.248. The summed E-state index contributed by atoms with van der Waals surface area (Å²) in [5.41, 5.74) is 0.771. The summed E-state index contributed by atoms with van der Waals surface area (Å²) in [6.45, 7) is 4.06. The lowest BCUT2D eigenvalue weighted by Gasteiger charge is -2.35. The molecule has 2 N–H and O–H groups in total. The van der Waals surface area contributed by atoms with Crippen molar-refractivity contribution in [3.05, 3.63) is 33.7 Å². The predicted molar refractivity (Wildman–Crippen MR) is 76.9 cm³/mol. The number of nitrogens with one attached hydrogen (secondary N) is 2. The first kappa shape index (κ1) is 13.4. The Morgan fingerprint density at radius 1 is 1.40 bits per heavy atom. The number of pyridine rings is 1. The smallest absolute Gasteiger partial charge is 0.256 e. The third-order valence-electron chi connectivity index (χ3n) is 4.46. The highest BCUT2D eigenvalue weighted by molar-refractivity contribution is 5.93. The number of rotatable bonds is 2.